The van der Waals surface area contributed by atoms with Crippen LogP contribution in [0.2, 0.25) is 0 Å². The number of nitrogens with zero attached hydrogens (tertiary/aromatic N) is 18. The first-order valence-corrected chi connectivity index (χ1v) is 24.7. The highest BCUT2D eigenvalue weighted by molar-refractivity contribution is 5.72. The molecular formula is C60H42N18. The third-order valence-electron chi connectivity index (χ3n) is 12.7. The van der Waals surface area contributed by atoms with Crippen LogP contribution in [-0.4, -0.2) is 87.2 Å². The molecule has 0 amide bonds. The van der Waals surface area contributed by atoms with Crippen molar-refractivity contribution in [3.63, 3.8) is 0 Å². The Bertz CT molecular complexity index is 3700. The van der Waals surface area contributed by atoms with Gasteiger partial charge in [-0.25, -0.2) is 59.8 Å². The minimum atomic E-state index is 0.515. The average Bonchev–Trinajstić information content (AvgIpc) is 3.51. The van der Waals surface area contributed by atoms with Gasteiger partial charge < -0.3 is 0 Å². The second kappa shape index (κ2) is 20.8. The van der Waals surface area contributed by atoms with Crippen LogP contribution >= 0.6 is 0 Å². The summed E-state index contributed by atoms with van der Waals surface area (Å²) in [5, 5.41) is 0. The number of hydrogen-bond donors (Lipinski definition) is 0. The number of benzene rings is 6. The molecule has 6 aromatic carbocycles. The lowest BCUT2D eigenvalue weighted by Gasteiger charge is -2.14. The van der Waals surface area contributed by atoms with Gasteiger partial charge in [0.15, 0.2) is 0 Å². The van der Waals surface area contributed by atoms with E-state index in [0.29, 0.717) is 67.8 Å². The fourth-order valence-electron chi connectivity index (χ4n) is 9.24. The van der Waals surface area contributed by atoms with E-state index in [9.17, 15) is 0 Å². The van der Waals surface area contributed by atoms with Gasteiger partial charge in [0.05, 0.1) is 0 Å². The van der Waals surface area contributed by atoms with Gasteiger partial charge >= 0.3 is 0 Å². The molecule has 78 heavy (non-hydrogen) atoms. The molecule has 0 aliphatic rings. The van der Waals surface area contributed by atoms with E-state index < -0.39 is 0 Å². The summed E-state index contributed by atoms with van der Waals surface area (Å²) in [6.45, 7) is 0. The topological polar surface area (TPSA) is 184 Å². The summed E-state index contributed by atoms with van der Waals surface area (Å²) < 4.78 is 11.8. The fourth-order valence-corrected chi connectivity index (χ4v) is 9.24. The van der Waals surface area contributed by atoms with E-state index in [1.807, 2.05) is 246 Å². The molecule has 0 atom stereocenters. The smallest absolute Gasteiger partial charge is 0.144 e. The Labute approximate surface area is 443 Å². The third-order valence-corrected chi connectivity index (χ3v) is 12.7. The molecule has 18 heteroatoms. The Morgan fingerprint density at radius 3 is 0.385 bits per heavy atom. The van der Waals surface area contributed by atoms with Crippen molar-refractivity contribution < 1.29 is 0 Å². The molecule has 7 aromatic heterocycles. The highest BCUT2D eigenvalue weighted by Crippen LogP contribution is 2.24. The molecule has 0 unspecified atom stereocenters. The van der Waals surface area contributed by atoms with Crippen molar-refractivity contribution in [2.24, 2.45) is 0 Å². The number of hydrogen-bond acceptors (Lipinski definition) is 12. The summed E-state index contributed by atoms with van der Waals surface area (Å²) in [6.07, 6.45) is 9.24. The van der Waals surface area contributed by atoms with Gasteiger partial charge in [-0.1, -0.05) is 109 Å². The Balaban J connectivity index is 1.27. The first-order valence-electron chi connectivity index (χ1n) is 24.7. The van der Waals surface area contributed by atoms with Crippen LogP contribution in [0.5, 0.6) is 0 Å². The van der Waals surface area contributed by atoms with Crippen LogP contribution < -0.4 is 0 Å². The predicted octanol–water partition coefficient (Wildman–Crippen LogP) is 11.1. The van der Waals surface area contributed by atoms with Crippen molar-refractivity contribution in [3.8, 4) is 34.1 Å². The predicted molar refractivity (Wildman–Crippen MR) is 300 cm³/mol. The van der Waals surface area contributed by atoms with Gasteiger partial charge in [-0.15, -0.1) is 0 Å². The number of para-hydroxylation sites is 6. The lowest BCUT2D eigenvalue weighted by Crippen LogP contribution is -2.07. The van der Waals surface area contributed by atoms with Gasteiger partial charge in [0.1, 0.15) is 106 Å². The molecule has 18 nitrogen and oxygen atoms in total. The molecule has 0 saturated carbocycles. The van der Waals surface area contributed by atoms with E-state index in [1.54, 1.807) is 0 Å². The molecule has 13 aromatic rings. The molecule has 13 rings (SSSR count). The first kappa shape index (κ1) is 46.4. The van der Waals surface area contributed by atoms with Gasteiger partial charge in [0.2, 0.25) is 0 Å². The second-order valence-corrected chi connectivity index (χ2v) is 17.4. The lowest BCUT2D eigenvalue weighted by molar-refractivity contribution is 0.997. The van der Waals surface area contributed by atoms with Gasteiger partial charge in [-0.3, -0.25) is 27.4 Å². The number of fused-ring (bicyclic) bond motifs is 12. The maximum absolute atomic E-state index is 4.93. The molecule has 0 N–H and O–H groups in total. The maximum atomic E-state index is 4.93. The van der Waals surface area contributed by atoms with Crippen LogP contribution in [0.15, 0.2) is 256 Å². The molecular weight excluding hydrogens is 973 g/mol. The number of aromatic nitrogens is 18. The van der Waals surface area contributed by atoms with Crippen molar-refractivity contribution in [1.82, 2.24) is 87.2 Å². The standard InChI is InChI=1S/C60H42N18/c1-7-19-43(20-8-1)73-49-31-51(63-37-61-49)74(44-21-9-2-10-22-44)53-33-55(67-39-65-53)76(46-25-13-4-14-26-46)57-35-59(71-41-69-57)78(48-29-17-6-18-30-48)60-36-58(70-42-72-60)77(47-27-15-5-16-28-47)56-34-54(66-40-68-56)75(45-23-11-3-12-24-45)52-32-50(73)62-38-64-52/h1-42H. The van der Waals surface area contributed by atoms with E-state index in [1.165, 1.54) is 38.0 Å². The first-order chi connectivity index (χ1) is 38.7. The van der Waals surface area contributed by atoms with Crippen LogP contribution in [0.25, 0.3) is 102 Å². The molecule has 7 heterocycles. The van der Waals surface area contributed by atoms with E-state index in [0.717, 1.165) is 34.1 Å². The van der Waals surface area contributed by atoms with Gasteiger partial charge in [0, 0.05) is 70.5 Å². The van der Waals surface area contributed by atoms with Crippen LogP contribution in [0.1, 0.15) is 0 Å². The largest absolute Gasteiger partial charge is 0.279 e. The molecule has 372 valence electrons. The molecule has 0 radical (unpaired) electrons. The Morgan fingerprint density at radius 2 is 0.269 bits per heavy atom. The zero-order valence-corrected chi connectivity index (χ0v) is 41.3. The normalized spacial score (nSPS) is 11.1. The van der Waals surface area contributed by atoms with Gasteiger partial charge in [-0.2, -0.15) is 0 Å². The van der Waals surface area contributed by atoms with Crippen molar-refractivity contribution in [2.75, 3.05) is 0 Å². The van der Waals surface area contributed by atoms with Crippen LogP contribution in [0.3, 0.4) is 0 Å². The van der Waals surface area contributed by atoms with E-state index in [-0.39, 0.29) is 0 Å². The average molecular weight is 1020 g/mol. The third kappa shape index (κ3) is 9.19. The molecule has 0 aliphatic carbocycles. The zero-order valence-electron chi connectivity index (χ0n) is 41.3. The van der Waals surface area contributed by atoms with Crippen LogP contribution in [0, 0.1) is 0 Å². The quantitative estimate of drug-likeness (QED) is 0.154. The molecule has 0 fully saturated rings. The van der Waals surface area contributed by atoms with Crippen molar-refractivity contribution in [3.05, 3.63) is 256 Å². The highest BCUT2D eigenvalue weighted by atomic mass is 15.2. The summed E-state index contributed by atoms with van der Waals surface area (Å²) in [6, 6.07) is 71.0. The van der Waals surface area contributed by atoms with Crippen molar-refractivity contribution >= 4 is 67.8 Å². The minimum absolute atomic E-state index is 0.515. The van der Waals surface area contributed by atoms with E-state index >= 15 is 0 Å². The summed E-state index contributed by atoms with van der Waals surface area (Å²) in [5.41, 5.74) is 10.9. The summed E-state index contributed by atoms with van der Waals surface area (Å²) in [4.78, 5) is 59.1. The Kier molecular flexibility index (Phi) is 12.4. The summed E-state index contributed by atoms with van der Waals surface area (Å²) in [7, 11) is 0. The van der Waals surface area contributed by atoms with Crippen LogP contribution in [0.4, 0.5) is 0 Å². The Morgan fingerprint density at radius 1 is 0.154 bits per heavy atom. The summed E-state index contributed by atoms with van der Waals surface area (Å²) in [5.74, 6) is 0. The zero-order chi connectivity index (χ0) is 52.0. The molecule has 0 saturated heterocycles. The van der Waals surface area contributed by atoms with Gasteiger partial charge in [-0.05, 0) is 72.8 Å². The SMILES string of the molecule is c1ccc(-n2c3cc(ncn3)n(-c3ccccc3)c3cc(ncn3)n(-c3ccccc3)c3cc(ncn3)n(-c3ccccc3)c3cc(ncn3)n(-c3ccccc3)c3cc(ncn3)n(-c3ccccc3)c3cc2ncn3)cc1. The lowest BCUT2D eigenvalue weighted by atomic mass is 10.3. The number of rotatable bonds is 6. The van der Waals surface area contributed by atoms with Crippen molar-refractivity contribution in [1.29, 1.82) is 0 Å². The maximum Gasteiger partial charge on any atom is 0.144 e. The Hall–Kier alpha value is -11.4. The second-order valence-electron chi connectivity index (χ2n) is 17.4. The van der Waals surface area contributed by atoms with E-state index in [2.05, 4.69) is 0 Å². The highest BCUT2D eigenvalue weighted by Gasteiger charge is 2.13. The summed E-state index contributed by atoms with van der Waals surface area (Å²) >= 11 is 0. The monoisotopic (exact) mass is 1010 g/mol. The van der Waals surface area contributed by atoms with Crippen molar-refractivity contribution in [2.45, 2.75) is 0 Å². The molecule has 12 bridgehead atoms. The molecule has 0 spiro atoms. The fraction of sp³-hybridized carbons (Fsp3) is 0. The van der Waals surface area contributed by atoms with Gasteiger partial charge in [0.25, 0.3) is 0 Å². The van der Waals surface area contributed by atoms with Crippen LogP contribution in [-0.2, 0) is 0 Å². The molecule has 0 aliphatic heterocycles. The van der Waals surface area contributed by atoms with E-state index in [4.69, 9.17) is 59.8 Å². The minimum Gasteiger partial charge on any atom is -0.279 e.